The lowest BCUT2D eigenvalue weighted by Crippen LogP contribution is -2.23. The average Bonchev–Trinajstić information content (AvgIpc) is 3.24. The Hall–Kier alpha value is -4.14. The van der Waals surface area contributed by atoms with E-state index < -0.39 is 10.8 Å². The summed E-state index contributed by atoms with van der Waals surface area (Å²) in [5.41, 5.74) is 3.27. The first kappa shape index (κ1) is 20.1. The van der Waals surface area contributed by atoms with Gasteiger partial charge in [0, 0.05) is 0 Å². The molecule has 1 heterocycles. The van der Waals surface area contributed by atoms with Crippen LogP contribution in [-0.4, -0.2) is 30.9 Å². The minimum atomic E-state index is -0.544. The summed E-state index contributed by atoms with van der Waals surface area (Å²) < 4.78 is 15.6. The standard InChI is InChI=1S/C22H19N3O6/c1-13(14-3-4-16-8-18(29-2)6-5-15(16)7-14)22(26)24-23-11-17-9-20-21(31-12-30-20)10-19(17)25(27)28/h3-11,13H,12H2,1-2H3,(H,24,26)/b23-11-/t13-/m0/s1. The third-order valence-electron chi connectivity index (χ3n) is 5.06. The number of nitrogens with zero attached hydrogens (tertiary/aromatic N) is 2. The molecular weight excluding hydrogens is 402 g/mol. The maximum Gasteiger partial charge on any atom is 0.282 e. The van der Waals surface area contributed by atoms with Crippen LogP contribution < -0.4 is 19.6 Å². The van der Waals surface area contributed by atoms with Gasteiger partial charge < -0.3 is 14.2 Å². The van der Waals surface area contributed by atoms with E-state index in [-0.39, 0.29) is 24.0 Å². The van der Waals surface area contributed by atoms with Crippen LogP contribution in [-0.2, 0) is 4.79 Å². The number of nitro groups is 1. The topological polar surface area (TPSA) is 112 Å². The van der Waals surface area contributed by atoms with Gasteiger partial charge in [-0.05, 0) is 41.5 Å². The first-order valence-electron chi connectivity index (χ1n) is 9.45. The van der Waals surface area contributed by atoms with Crippen LogP contribution in [0.2, 0.25) is 0 Å². The molecule has 1 aliphatic heterocycles. The number of hydrazone groups is 1. The third kappa shape index (κ3) is 4.11. The van der Waals surface area contributed by atoms with E-state index >= 15 is 0 Å². The van der Waals surface area contributed by atoms with E-state index in [1.54, 1.807) is 14.0 Å². The predicted molar refractivity (Wildman–Crippen MR) is 114 cm³/mol. The van der Waals surface area contributed by atoms with Crippen molar-refractivity contribution in [3.8, 4) is 17.2 Å². The Morgan fingerprint density at radius 2 is 1.87 bits per heavy atom. The van der Waals surface area contributed by atoms with Crippen molar-refractivity contribution < 1.29 is 23.9 Å². The van der Waals surface area contributed by atoms with Crippen LogP contribution in [0.15, 0.2) is 53.6 Å². The lowest BCUT2D eigenvalue weighted by molar-refractivity contribution is -0.385. The van der Waals surface area contributed by atoms with E-state index in [1.807, 2.05) is 36.4 Å². The summed E-state index contributed by atoms with van der Waals surface area (Å²) in [6, 6.07) is 14.2. The first-order valence-corrected chi connectivity index (χ1v) is 9.45. The minimum Gasteiger partial charge on any atom is -0.497 e. The van der Waals surface area contributed by atoms with Gasteiger partial charge in [0.15, 0.2) is 11.5 Å². The number of nitrogens with one attached hydrogen (secondary N) is 1. The Bertz CT molecular complexity index is 1210. The number of carbonyl (C=O) groups excluding carboxylic acids is 1. The highest BCUT2D eigenvalue weighted by Crippen LogP contribution is 2.37. The molecule has 4 rings (SSSR count). The number of ether oxygens (including phenoxy) is 3. The van der Waals surface area contributed by atoms with Gasteiger partial charge in [0.2, 0.25) is 12.7 Å². The molecule has 1 aliphatic rings. The van der Waals surface area contributed by atoms with E-state index in [0.29, 0.717) is 11.5 Å². The number of benzene rings is 3. The van der Waals surface area contributed by atoms with Crippen LogP contribution in [0.5, 0.6) is 17.2 Å². The zero-order chi connectivity index (χ0) is 22.0. The summed E-state index contributed by atoms with van der Waals surface area (Å²) in [5, 5.41) is 17.2. The largest absolute Gasteiger partial charge is 0.497 e. The lowest BCUT2D eigenvalue weighted by atomic mass is 9.97. The van der Waals surface area contributed by atoms with Crippen molar-refractivity contribution in [3.05, 3.63) is 69.8 Å². The smallest absolute Gasteiger partial charge is 0.282 e. The number of hydrogen-bond acceptors (Lipinski definition) is 7. The van der Waals surface area contributed by atoms with Crippen molar-refractivity contribution in [2.24, 2.45) is 5.10 Å². The summed E-state index contributed by atoms with van der Waals surface area (Å²) in [6.07, 6.45) is 1.22. The van der Waals surface area contributed by atoms with Gasteiger partial charge in [-0.15, -0.1) is 0 Å². The molecule has 0 radical (unpaired) electrons. The number of methoxy groups -OCH3 is 1. The molecule has 0 unspecified atom stereocenters. The van der Waals surface area contributed by atoms with Crippen LogP contribution in [0.25, 0.3) is 10.8 Å². The predicted octanol–water partition coefficient (Wildman–Crippen LogP) is 3.74. The Labute approximate surface area is 177 Å². The van der Waals surface area contributed by atoms with Crippen LogP contribution >= 0.6 is 0 Å². The normalized spacial score (nSPS) is 13.4. The number of amides is 1. The van der Waals surface area contributed by atoms with Gasteiger partial charge >= 0.3 is 0 Å². The van der Waals surface area contributed by atoms with Crippen LogP contribution in [0.1, 0.15) is 24.0 Å². The Balaban J connectivity index is 1.49. The monoisotopic (exact) mass is 421 g/mol. The van der Waals surface area contributed by atoms with Crippen LogP contribution in [0.4, 0.5) is 5.69 Å². The highest BCUT2D eigenvalue weighted by atomic mass is 16.7. The van der Waals surface area contributed by atoms with Gasteiger partial charge in [0.05, 0.1) is 35.8 Å². The molecule has 3 aromatic carbocycles. The second-order valence-electron chi connectivity index (χ2n) is 6.95. The number of carbonyl (C=O) groups is 1. The molecule has 31 heavy (non-hydrogen) atoms. The molecule has 0 saturated heterocycles. The fraction of sp³-hybridized carbons (Fsp3) is 0.182. The molecule has 1 amide bonds. The highest BCUT2D eigenvalue weighted by molar-refractivity contribution is 5.90. The summed E-state index contributed by atoms with van der Waals surface area (Å²) in [4.78, 5) is 23.3. The molecule has 1 atom stereocenters. The quantitative estimate of drug-likeness (QED) is 0.369. The molecule has 0 spiro atoms. The number of hydrogen-bond donors (Lipinski definition) is 1. The molecule has 0 aromatic heterocycles. The maximum absolute atomic E-state index is 12.6. The van der Waals surface area contributed by atoms with Crippen molar-refractivity contribution >= 4 is 28.6 Å². The van der Waals surface area contributed by atoms with Gasteiger partial charge in [0.1, 0.15) is 5.75 Å². The van der Waals surface area contributed by atoms with E-state index in [2.05, 4.69) is 10.5 Å². The molecule has 9 nitrogen and oxygen atoms in total. The van der Waals surface area contributed by atoms with E-state index in [0.717, 1.165) is 22.1 Å². The fourth-order valence-electron chi connectivity index (χ4n) is 3.26. The zero-order valence-electron chi connectivity index (χ0n) is 16.8. The summed E-state index contributed by atoms with van der Waals surface area (Å²) >= 11 is 0. The molecule has 0 fully saturated rings. The molecule has 158 valence electrons. The van der Waals surface area contributed by atoms with Gasteiger partial charge in [-0.25, -0.2) is 5.43 Å². The van der Waals surface area contributed by atoms with Gasteiger partial charge in [-0.2, -0.15) is 5.10 Å². The molecule has 0 bridgehead atoms. The van der Waals surface area contributed by atoms with Crippen LogP contribution in [0.3, 0.4) is 0 Å². The second-order valence-corrected chi connectivity index (χ2v) is 6.95. The van der Waals surface area contributed by atoms with E-state index in [4.69, 9.17) is 14.2 Å². The molecule has 0 aliphatic carbocycles. The second kappa shape index (κ2) is 8.31. The SMILES string of the molecule is COc1ccc2cc([C@H](C)C(=O)N/N=C\c3cc4c(cc3[N+](=O)[O-])OCO4)ccc2c1. The fourth-order valence-corrected chi connectivity index (χ4v) is 3.26. The summed E-state index contributed by atoms with van der Waals surface area (Å²) in [5.74, 6) is 0.635. The van der Waals surface area contributed by atoms with E-state index in [1.165, 1.54) is 18.3 Å². The number of rotatable bonds is 6. The summed E-state index contributed by atoms with van der Waals surface area (Å²) in [6.45, 7) is 1.76. The van der Waals surface area contributed by atoms with Crippen molar-refractivity contribution in [1.82, 2.24) is 5.43 Å². The molecule has 9 heteroatoms. The maximum atomic E-state index is 12.6. The number of nitro benzene ring substituents is 1. The molecule has 3 aromatic rings. The Morgan fingerprint density at radius 1 is 1.16 bits per heavy atom. The first-order chi connectivity index (χ1) is 15.0. The van der Waals surface area contributed by atoms with Gasteiger partial charge in [-0.1, -0.05) is 24.3 Å². The Morgan fingerprint density at radius 3 is 2.61 bits per heavy atom. The van der Waals surface area contributed by atoms with Crippen molar-refractivity contribution in [1.29, 1.82) is 0 Å². The average molecular weight is 421 g/mol. The van der Waals surface area contributed by atoms with Crippen molar-refractivity contribution in [2.45, 2.75) is 12.8 Å². The van der Waals surface area contributed by atoms with E-state index in [9.17, 15) is 14.9 Å². The summed E-state index contributed by atoms with van der Waals surface area (Å²) in [7, 11) is 1.61. The zero-order valence-corrected chi connectivity index (χ0v) is 16.8. The molecule has 0 saturated carbocycles. The van der Waals surface area contributed by atoms with Crippen molar-refractivity contribution in [2.75, 3.05) is 13.9 Å². The lowest BCUT2D eigenvalue weighted by Gasteiger charge is -2.11. The molecule has 1 N–H and O–H groups in total. The van der Waals surface area contributed by atoms with Crippen molar-refractivity contribution in [3.63, 3.8) is 0 Å². The Kier molecular flexibility index (Phi) is 5.40. The highest BCUT2D eigenvalue weighted by Gasteiger charge is 2.22. The third-order valence-corrected chi connectivity index (χ3v) is 5.06. The van der Waals surface area contributed by atoms with Gasteiger partial charge in [0.25, 0.3) is 5.69 Å². The van der Waals surface area contributed by atoms with Gasteiger partial charge in [-0.3, -0.25) is 14.9 Å². The minimum absolute atomic E-state index is 0.000125. The number of fused-ring (bicyclic) bond motifs is 2. The molecular formula is C22H19N3O6. The van der Waals surface area contributed by atoms with Crippen LogP contribution in [0, 0.1) is 10.1 Å².